The van der Waals surface area contributed by atoms with E-state index in [-0.39, 0.29) is 43.5 Å². The molecule has 2 aliphatic rings. The van der Waals surface area contributed by atoms with E-state index in [0.29, 0.717) is 10.8 Å². The Morgan fingerprint density at radius 3 is 2.64 bits per heavy atom. The van der Waals surface area contributed by atoms with E-state index < -0.39 is 5.91 Å². The number of fused-ring (bicyclic) bond motifs is 1. The summed E-state index contributed by atoms with van der Waals surface area (Å²) in [6.07, 6.45) is 3.51. The third-order valence-corrected chi connectivity index (χ3v) is 5.82. The highest BCUT2D eigenvalue weighted by Gasteiger charge is 2.28. The third kappa shape index (κ3) is 4.07. The van der Waals surface area contributed by atoms with Crippen molar-refractivity contribution in [1.82, 2.24) is 15.8 Å². The van der Waals surface area contributed by atoms with Gasteiger partial charge in [0.1, 0.15) is 0 Å². The van der Waals surface area contributed by atoms with E-state index in [2.05, 4.69) is 17.8 Å². The zero-order chi connectivity index (χ0) is 18.0. The van der Waals surface area contributed by atoms with Gasteiger partial charge in [-0.2, -0.15) is 0 Å². The molecule has 8 heteroatoms. The molecule has 7 nitrogen and oxygen atoms in total. The topological polar surface area (TPSA) is 95.6 Å². The number of imide groups is 1. The molecule has 1 aliphatic carbocycles. The van der Waals surface area contributed by atoms with Crippen molar-refractivity contribution in [2.24, 2.45) is 5.92 Å². The zero-order valence-electron chi connectivity index (χ0n) is 14.1. The van der Waals surface area contributed by atoms with Gasteiger partial charge in [0.25, 0.3) is 5.91 Å². The molecule has 2 N–H and O–H groups in total. The first kappa shape index (κ1) is 17.6. The second-order valence-corrected chi connectivity index (χ2v) is 7.74. The van der Waals surface area contributed by atoms with Gasteiger partial charge >= 0.3 is 0 Å². The Morgan fingerprint density at radius 2 is 1.92 bits per heavy atom. The fraction of sp³-hybridized carbons (Fsp3) is 0.529. The highest BCUT2D eigenvalue weighted by molar-refractivity contribution is 7.14. The lowest BCUT2D eigenvalue weighted by Gasteiger charge is -2.16. The van der Waals surface area contributed by atoms with Gasteiger partial charge in [-0.25, -0.2) is 0 Å². The first-order valence-corrected chi connectivity index (χ1v) is 9.29. The molecule has 1 saturated heterocycles. The molecular weight excluding hydrogens is 342 g/mol. The van der Waals surface area contributed by atoms with Gasteiger partial charge in [0, 0.05) is 30.7 Å². The Balaban J connectivity index is 1.46. The molecule has 0 radical (unpaired) electrons. The minimum atomic E-state index is -0.434. The fourth-order valence-corrected chi connectivity index (χ4v) is 4.26. The summed E-state index contributed by atoms with van der Waals surface area (Å²) >= 11 is 1.47. The lowest BCUT2D eigenvalue weighted by Crippen LogP contribution is -2.43. The largest absolute Gasteiger partial charge is 0.282 e. The van der Waals surface area contributed by atoms with Gasteiger partial charge in [0.15, 0.2) is 0 Å². The highest BCUT2D eigenvalue weighted by atomic mass is 32.1. The van der Waals surface area contributed by atoms with Crippen LogP contribution in [0.3, 0.4) is 0 Å². The average molecular weight is 363 g/mol. The van der Waals surface area contributed by atoms with Crippen molar-refractivity contribution in [3.63, 3.8) is 0 Å². The molecule has 1 aromatic rings. The van der Waals surface area contributed by atoms with Crippen molar-refractivity contribution in [1.29, 1.82) is 0 Å². The average Bonchev–Trinajstić information content (AvgIpc) is 3.14. The molecule has 0 bridgehead atoms. The number of hydrazine groups is 1. The summed E-state index contributed by atoms with van der Waals surface area (Å²) in [5.74, 6) is -0.640. The number of aryl methyl sites for hydroxylation is 1. The van der Waals surface area contributed by atoms with Gasteiger partial charge in [-0.1, -0.05) is 6.92 Å². The summed E-state index contributed by atoms with van der Waals surface area (Å²) in [4.78, 5) is 49.9. The van der Waals surface area contributed by atoms with E-state index in [0.717, 1.165) is 24.2 Å². The maximum Gasteiger partial charge on any atom is 0.279 e. The molecule has 0 spiro atoms. The fourth-order valence-electron chi connectivity index (χ4n) is 3.15. The number of likely N-dealkylation sites (tertiary alicyclic amines) is 1. The molecule has 1 aliphatic heterocycles. The quantitative estimate of drug-likeness (QED) is 0.620. The summed E-state index contributed by atoms with van der Waals surface area (Å²) in [6.45, 7) is 2.25. The second kappa shape index (κ2) is 7.35. The number of rotatable bonds is 4. The number of carbonyl (C=O) groups is 4. The van der Waals surface area contributed by atoms with Gasteiger partial charge < -0.3 is 0 Å². The first-order chi connectivity index (χ1) is 11.9. The highest BCUT2D eigenvalue weighted by Crippen LogP contribution is 2.32. The Kier molecular flexibility index (Phi) is 5.17. The van der Waals surface area contributed by atoms with Crippen molar-refractivity contribution < 1.29 is 19.2 Å². The Bertz CT molecular complexity index is 711. The lowest BCUT2D eigenvalue weighted by atomic mass is 9.90. The molecule has 1 aromatic heterocycles. The van der Waals surface area contributed by atoms with Crippen LogP contribution in [0.15, 0.2) is 6.07 Å². The van der Waals surface area contributed by atoms with Crippen LogP contribution in [0.4, 0.5) is 0 Å². The van der Waals surface area contributed by atoms with Gasteiger partial charge in [-0.05, 0) is 36.8 Å². The first-order valence-electron chi connectivity index (χ1n) is 8.48. The maximum absolute atomic E-state index is 12.2. The van der Waals surface area contributed by atoms with Crippen molar-refractivity contribution >= 4 is 35.0 Å². The van der Waals surface area contributed by atoms with Crippen molar-refractivity contribution in [3.8, 4) is 0 Å². The van der Waals surface area contributed by atoms with Crippen LogP contribution >= 0.6 is 11.3 Å². The molecular formula is C17H21N3O4S. The number of amides is 4. The summed E-state index contributed by atoms with van der Waals surface area (Å²) in [5, 5.41) is 0. The number of hydrogen-bond acceptors (Lipinski definition) is 5. The van der Waals surface area contributed by atoms with E-state index in [1.165, 1.54) is 21.8 Å². The minimum absolute atomic E-state index is 0.0315. The zero-order valence-corrected chi connectivity index (χ0v) is 14.9. The molecule has 3 rings (SSSR count). The predicted octanol–water partition coefficient (Wildman–Crippen LogP) is 1.17. The molecule has 1 fully saturated rings. The summed E-state index contributed by atoms with van der Waals surface area (Å²) in [6, 6.07) is 1.90. The van der Waals surface area contributed by atoms with Crippen LogP contribution in [0.5, 0.6) is 0 Å². The van der Waals surface area contributed by atoms with E-state index in [4.69, 9.17) is 0 Å². The molecule has 0 aromatic carbocycles. The predicted molar refractivity (Wildman–Crippen MR) is 91.7 cm³/mol. The van der Waals surface area contributed by atoms with Gasteiger partial charge in [-0.15, -0.1) is 11.3 Å². The van der Waals surface area contributed by atoms with Crippen LogP contribution in [0, 0.1) is 5.92 Å². The maximum atomic E-state index is 12.2. The summed E-state index contributed by atoms with van der Waals surface area (Å²) in [5.41, 5.74) is 5.97. The van der Waals surface area contributed by atoms with E-state index in [9.17, 15) is 19.2 Å². The molecule has 0 saturated carbocycles. The third-order valence-electron chi connectivity index (χ3n) is 4.59. The number of thiophene rings is 1. The van der Waals surface area contributed by atoms with Crippen LogP contribution in [-0.2, 0) is 27.2 Å². The number of hydrogen-bond donors (Lipinski definition) is 2. The van der Waals surface area contributed by atoms with Gasteiger partial charge in [0.2, 0.25) is 17.7 Å². The minimum Gasteiger partial charge on any atom is -0.282 e. The second-order valence-electron chi connectivity index (χ2n) is 6.60. The number of nitrogens with zero attached hydrogens (tertiary/aromatic N) is 1. The molecule has 25 heavy (non-hydrogen) atoms. The SMILES string of the molecule is C[C@@H]1CCc2sc(C(=O)NNC(=O)CCN3C(=O)CCC3=O)cc2C1. The smallest absolute Gasteiger partial charge is 0.279 e. The molecule has 2 heterocycles. The van der Waals surface area contributed by atoms with Crippen LogP contribution in [0.2, 0.25) is 0 Å². The van der Waals surface area contributed by atoms with Crippen molar-refractivity contribution in [2.45, 2.75) is 45.4 Å². The Labute approximate surface area is 149 Å². The number of carbonyl (C=O) groups excluding carboxylic acids is 4. The van der Waals surface area contributed by atoms with Crippen LogP contribution in [-0.4, -0.2) is 35.1 Å². The van der Waals surface area contributed by atoms with E-state index in [1.807, 2.05) is 6.07 Å². The van der Waals surface area contributed by atoms with E-state index >= 15 is 0 Å². The number of nitrogens with one attached hydrogen (secondary N) is 2. The molecule has 1 atom stereocenters. The van der Waals surface area contributed by atoms with Crippen LogP contribution < -0.4 is 10.9 Å². The standard InChI is InChI=1S/C17H21N3O4S/c1-10-2-3-12-11(8-10)9-13(25-12)17(24)19-18-14(21)6-7-20-15(22)4-5-16(20)23/h9-10H,2-8H2,1H3,(H,18,21)(H,19,24)/t10-/m1/s1. The van der Waals surface area contributed by atoms with Gasteiger partial charge in [0.05, 0.1) is 4.88 Å². The van der Waals surface area contributed by atoms with Crippen molar-refractivity contribution in [2.75, 3.05) is 6.54 Å². The van der Waals surface area contributed by atoms with Crippen LogP contribution in [0.25, 0.3) is 0 Å². The molecule has 134 valence electrons. The summed E-state index contributed by atoms with van der Waals surface area (Å²) < 4.78 is 0. The van der Waals surface area contributed by atoms with Crippen molar-refractivity contribution in [3.05, 3.63) is 21.4 Å². The Hall–Kier alpha value is -2.22. The van der Waals surface area contributed by atoms with E-state index in [1.54, 1.807) is 0 Å². The lowest BCUT2D eigenvalue weighted by molar-refractivity contribution is -0.138. The molecule has 0 unspecified atom stereocenters. The summed E-state index contributed by atoms with van der Waals surface area (Å²) in [7, 11) is 0. The monoisotopic (exact) mass is 363 g/mol. The Morgan fingerprint density at radius 1 is 1.20 bits per heavy atom. The van der Waals surface area contributed by atoms with Crippen LogP contribution in [0.1, 0.15) is 52.7 Å². The van der Waals surface area contributed by atoms with Gasteiger partial charge in [-0.3, -0.25) is 34.9 Å². The molecule has 4 amide bonds. The normalized spacial score (nSPS) is 19.7.